The third kappa shape index (κ3) is 1.84. The van der Waals surface area contributed by atoms with Crippen LogP contribution in [0, 0.1) is 0 Å². The van der Waals surface area contributed by atoms with Crippen LogP contribution in [0.5, 0.6) is 0 Å². The lowest BCUT2D eigenvalue weighted by atomic mass is 9.84. The van der Waals surface area contributed by atoms with Crippen molar-refractivity contribution in [2.45, 2.75) is 41.8 Å². The van der Waals surface area contributed by atoms with Gasteiger partial charge in [-0.1, -0.05) is 24.3 Å². The summed E-state index contributed by atoms with van der Waals surface area (Å²) in [4.78, 5) is 4.40. The summed E-state index contributed by atoms with van der Waals surface area (Å²) < 4.78 is 24.5. The summed E-state index contributed by atoms with van der Waals surface area (Å²) >= 11 is 0. The number of aromatic nitrogens is 1. The first kappa shape index (κ1) is 13.2. The predicted octanol–water partition coefficient (Wildman–Crippen LogP) is 2.16. The van der Waals surface area contributed by atoms with Crippen molar-refractivity contribution in [3.8, 4) is 0 Å². The second-order valence-corrected chi connectivity index (χ2v) is 8.74. The first-order chi connectivity index (χ1) is 10.0. The third-order valence-corrected chi connectivity index (χ3v) is 7.67. The quantitative estimate of drug-likeness (QED) is 0.876. The van der Waals surface area contributed by atoms with Gasteiger partial charge in [0.25, 0.3) is 0 Å². The molecule has 2 saturated heterocycles. The molecule has 0 spiro atoms. The van der Waals surface area contributed by atoms with Gasteiger partial charge in [-0.3, -0.25) is 4.98 Å². The van der Waals surface area contributed by atoms with Crippen molar-refractivity contribution in [3.63, 3.8) is 0 Å². The molecular weight excluding hydrogens is 286 g/mol. The van der Waals surface area contributed by atoms with Crippen LogP contribution in [0.1, 0.15) is 31.2 Å². The van der Waals surface area contributed by atoms with E-state index in [9.17, 15) is 13.5 Å². The molecule has 1 aromatic carbocycles. The number of pyridine rings is 1. The summed E-state index contributed by atoms with van der Waals surface area (Å²) in [5.41, 5.74) is 0.471. The molecule has 0 amide bonds. The molecule has 4 nitrogen and oxygen atoms in total. The Labute approximate surface area is 123 Å². The molecule has 110 valence electrons. The molecule has 2 bridgehead atoms. The molecule has 5 heteroatoms. The Balaban J connectivity index is 1.86. The highest BCUT2D eigenvalue weighted by Crippen LogP contribution is 2.48. The van der Waals surface area contributed by atoms with E-state index in [2.05, 4.69) is 4.98 Å². The highest BCUT2D eigenvalue weighted by molar-refractivity contribution is 7.93. The Morgan fingerprint density at radius 1 is 1.10 bits per heavy atom. The van der Waals surface area contributed by atoms with E-state index in [-0.39, 0.29) is 0 Å². The fraction of sp³-hybridized carbons (Fsp3) is 0.438. The van der Waals surface area contributed by atoms with Crippen LogP contribution in [0.25, 0.3) is 10.9 Å². The van der Waals surface area contributed by atoms with Crippen LogP contribution in [0.3, 0.4) is 0 Å². The van der Waals surface area contributed by atoms with E-state index in [1.54, 1.807) is 6.20 Å². The average Bonchev–Trinajstić information content (AvgIpc) is 2.66. The number of hydrogen-bond donors (Lipinski definition) is 1. The number of fused-ring (bicyclic) bond motifs is 3. The molecule has 3 heterocycles. The molecule has 21 heavy (non-hydrogen) atoms. The standard InChI is InChI=1S/C16H17NO3S/c18-16(9-12-6-7-13(10-16)21(12,19)20)14-5-1-3-11-4-2-8-17-15(11)14/h1-5,8,12-13,18H,6-7,9-10H2. The summed E-state index contributed by atoms with van der Waals surface area (Å²) in [6.45, 7) is 0. The highest BCUT2D eigenvalue weighted by Gasteiger charge is 2.53. The minimum absolute atomic E-state index is 0.293. The van der Waals surface area contributed by atoms with Gasteiger partial charge in [0.1, 0.15) is 0 Å². The van der Waals surface area contributed by atoms with Crippen molar-refractivity contribution in [2.75, 3.05) is 0 Å². The number of aliphatic hydroxyl groups is 1. The van der Waals surface area contributed by atoms with E-state index in [0.717, 1.165) is 16.5 Å². The van der Waals surface area contributed by atoms with Crippen LogP contribution in [0.2, 0.25) is 0 Å². The molecule has 2 aliphatic heterocycles. The van der Waals surface area contributed by atoms with Crippen LogP contribution in [-0.2, 0) is 15.4 Å². The summed E-state index contributed by atoms with van der Waals surface area (Å²) in [6, 6.07) is 9.58. The largest absolute Gasteiger partial charge is 0.385 e. The molecule has 0 radical (unpaired) electrons. The highest BCUT2D eigenvalue weighted by atomic mass is 32.2. The van der Waals surface area contributed by atoms with E-state index in [1.807, 2.05) is 30.3 Å². The van der Waals surface area contributed by atoms with Crippen LogP contribution in [0.4, 0.5) is 0 Å². The van der Waals surface area contributed by atoms with Gasteiger partial charge >= 0.3 is 0 Å². The number of para-hydroxylation sites is 1. The second kappa shape index (κ2) is 4.27. The topological polar surface area (TPSA) is 67.3 Å². The maximum Gasteiger partial charge on any atom is 0.156 e. The van der Waals surface area contributed by atoms with Gasteiger partial charge in [0.05, 0.1) is 21.6 Å². The first-order valence-electron chi connectivity index (χ1n) is 7.30. The van der Waals surface area contributed by atoms with E-state index in [1.165, 1.54) is 0 Å². The molecule has 2 atom stereocenters. The number of nitrogens with zero attached hydrogens (tertiary/aromatic N) is 1. The van der Waals surface area contributed by atoms with Gasteiger partial charge in [0.2, 0.25) is 0 Å². The van der Waals surface area contributed by atoms with Crippen molar-refractivity contribution in [2.24, 2.45) is 0 Å². The maximum absolute atomic E-state index is 12.2. The van der Waals surface area contributed by atoms with Crippen molar-refractivity contribution in [1.29, 1.82) is 0 Å². The Hall–Kier alpha value is -1.46. The van der Waals surface area contributed by atoms with E-state index < -0.39 is 25.9 Å². The van der Waals surface area contributed by atoms with Crippen molar-refractivity contribution in [3.05, 3.63) is 42.1 Å². The fourth-order valence-electron chi connectivity index (χ4n) is 3.95. The number of sulfone groups is 1. The predicted molar refractivity (Wildman–Crippen MR) is 80.6 cm³/mol. The monoisotopic (exact) mass is 303 g/mol. The molecule has 1 aromatic heterocycles. The smallest absolute Gasteiger partial charge is 0.156 e. The van der Waals surface area contributed by atoms with Gasteiger partial charge in [-0.15, -0.1) is 0 Å². The fourth-order valence-corrected chi connectivity index (χ4v) is 6.43. The zero-order valence-electron chi connectivity index (χ0n) is 11.6. The maximum atomic E-state index is 12.2. The van der Waals surface area contributed by atoms with Gasteiger partial charge in [-0.2, -0.15) is 0 Å². The van der Waals surface area contributed by atoms with Crippen LogP contribution < -0.4 is 0 Å². The SMILES string of the molecule is O=S1(=O)C2CCC1CC(O)(c1cccc3cccnc13)C2. The molecule has 0 aliphatic carbocycles. The molecule has 2 unspecified atom stereocenters. The van der Waals surface area contributed by atoms with Crippen LogP contribution in [0.15, 0.2) is 36.5 Å². The Kier molecular flexibility index (Phi) is 2.69. The zero-order valence-corrected chi connectivity index (χ0v) is 12.4. The minimum atomic E-state index is -3.04. The summed E-state index contributed by atoms with van der Waals surface area (Å²) in [7, 11) is -3.04. The van der Waals surface area contributed by atoms with Gasteiger partial charge in [-0.05, 0) is 31.7 Å². The van der Waals surface area contributed by atoms with Gasteiger partial charge in [-0.25, -0.2) is 8.42 Å². The summed E-state index contributed by atoms with van der Waals surface area (Å²) in [5, 5.41) is 11.3. The third-order valence-electron chi connectivity index (χ3n) is 5.00. The molecule has 1 N–H and O–H groups in total. The molecule has 2 aromatic rings. The minimum Gasteiger partial charge on any atom is -0.385 e. The van der Waals surface area contributed by atoms with E-state index in [4.69, 9.17) is 0 Å². The van der Waals surface area contributed by atoms with E-state index >= 15 is 0 Å². The molecular formula is C16H17NO3S. The van der Waals surface area contributed by atoms with Crippen molar-refractivity contribution in [1.82, 2.24) is 4.98 Å². The normalized spacial score (nSPS) is 34.1. The van der Waals surface area contributed by atoms with Gasteiger partial charge in [0.15, 0.2) is 9.84 Å². The molecule has 0 saturated carbocycles. The lowest BCUT2D eigenvalue weighted by Crippen LogP contribution is -2.43. The average molecular weight is 303 g/mol. The summed E-state index contributed by atoms with van der Waals surface area (Å²) in [6.07, 6.45) is 3.65. The first-order valence-corrected chi connectivity index (χ1v) is 8.91. The van der Waals surface area contributed by atoms with Crippen LogP contribution >= 0.6 is 0 Å². The number of rotatable bonds is 1. The second-order valence-electron chi connectivity index (χ2n) is 6.23. The zero-order chi connectivity index (χ0) is 14.7. The Bertz CT molecular complexity index is 790. The van der Waals surface area contributed by atoms with Crippen molar-refractivity contribution >= 4 is 20.7 Å². The van der Waals surface area contributed by atoms with Crippen LogP contribution in [-0.4, -0.2) is 29.0 Å². The van der Waals surface area contributed by atoms with E-state index in [0.29, 0.717) is 25.7 Å². The van der Waals surface area contributed by atoms with Gasteiger partial charge < -0.3 is 5.11 Å². The number of hydrogen-bond acceptors (Lipinski definition) is 4. The lowest BCUT2D eigenvalue weighted by Gasteiger charge is -2.36. The van der Waals surface area contributed by atoms with Gasteiger partial charge in [0, 0.05) is 17.1 Å². The Morgan fingerprint density at radius 2 is 1.76 bits per heavy atom. The molecule has 2 fully saturated rings. The number of benzene rings is 1. The Morgan fingerprint density at radius 3 is 2.48 bits per heavy atom. The molecule has 4 rings (SSSR count). The summed E-state index contributed by atoms with van der Waals surface area (Å²) in [5.74, 6) is 0. The molecule has 2 aliphatic rings. The lowest BCUT2D eigenvalue weighted by molar-refractivity contribution is 0.0186. The van der Waals surface area contributed by atoms with Crippen molar-refractivity contribution < 1.29 is 13.5 Å².